The van der Waals surface area contributed by atoms with E-state index in [1.807, 2.05) is 17.0 Å². The van der Waals surface area contributed by atoms with Crippen LogP contribution < -0.4 is 0 Å². The number of nitrogens with zero attached hydrogens (tertiary/aromatic N) is 1. The molecule has 4 nitrogen and oxygen atoms in total. The molecule has 1 N–H and O–H groups in total. The van der Waals surface area contributed by atoms with Crippen LogP contribution in [0.2, 0.25) is 0 Å². The first-order valence-electron chi connectivity index (χ1n) is 9.95. The number of carbonyl (C=O) groups is 1. The van der Waals surface area contributed by atoms with Crippen LogP contribution in [0.4, 0.5) is 4.39 Å². The molecule has 144 valence electrons. The van der Waals surface area contributed by atoms with Crippen LogP contribution in [0.25, 0.3) is 10.9 Å². The molecular weight excluding hydrogens is 355 g/mol. The topological polar surface area (TPSA) is 45.3 Å². The van der Waals surface area contributed by atoms with Gasteiger partial charge in [-0.2, -0.15) is 0 Å². The van der Waals surface area contributed by atoms with E-state index in [4.69, 9.17) is 4.74 Å². The van der Waals surface area contributed by atoms with Crippen molar-refractivity contribution in [3.8, 4) is 0 Å². The molecule has 1 unspecified atom stereocenters. The Kier molecular flexibility index (Phi) is 4.40. The molecule has 28 heavy (non-hydrogen) atoms. The summed E-state index contributed by atoms with van der Waals surface area (Å²) in [6.45, 7) is 1.96. The first-order chi connectivity index (χ1) is 13.7. The molecule has 1 fully saturated rings. The van der Waals surface area contributed by atoms with E-state index >= 15 is 0 Å². The average molecular weight is 378 g/mol. The highest BCUT2D eigenvalue weighted by Crippen LogP contribution is 2.39. The van der Waals surface area contributed by atoms with Crippen LogP contribution in [0.1, 0.15) is 35.7 Å². The maximum Gasteiger partial charge on any atom is 0.226 e. The van der Waals surface area contributed by atoms with E-state index in [1.54, 1.807) is 12.1 Å². The molecule has 1 aromatic heterocycles. The number of fused-ring (bicyclic) bond motifs is 3. The van der Waals surface area contributed by atoms with Gasteiger partial charge in [0.15, 0.2) is 0 Å². The second-order valence-electron chi connectivity index (χ2n) is 7.69. The van der Waals surface area contributed by atoms with Crippen molar-refractivity contribution in [2.45, 2.75) is 25.3 Å². The van der Waals surface area contributed by atoms with Gasteiger partial charge in [0.1, 0.15) is 5.82 Å². The third-order valence-electron chi connectivity index (χ3n) is 6.07. The van der Waals surface area contributed by atoms with Gasteiger partial charge in [-0.1, -0.05) is 30.3 Å². The largest absolute Gasteiger partial charge is 0.381 e. The fraction of sp³-hybridized carbons (Fsp3) is 0.348. The zero-order chi connectivity index (χ0) is 19.1. The van der Waals surface area contributed by atoms with Gasteiger partial charge < -0.3 is 14.6 Å². The van der Waals surface area contributed by atoms with Crippen molar-refractivity contribution in [2.24, 2.45) is 5.92 Å². The zero-order valence-electron chi connectivity index (χ0n) is 15.7. The lowest BCUT2D eigenvalue weighted by Gasteiger charge is -2.39. The van der Waals surface area contributed by atoms with E-state index in [9.17, 15) is 9.18 Å². The minimum Gasteiger partial charge on any atom is -0.381 e. The van der Waals surface area contributed by atoms with Gasteiger partial charge in [-0.3, -0.25) is 4.79 Å². The van der Waals surface area contributed by atoms with Crippen LogP contribution in [0.5, 0.6) is 0 Å². The van der Waals surface area contributed by atoms with Crippen molar-refractivity contribution < 1.29 is 13.9 Å². The molecule has 5 rings (SSSR count). The standard InChI is InChI=1S/C23H23FN2O2/c24-17-7-5-15(6-8-17)22-21-19(18-3-1-2-4-20(18)25-21)9-12-26(22)23(27)16-10-13-28-14-11-16/h1-8,16,22,25H,9-14H2. The Labute approximate surface area is 163 Å². The second-order valence-corrected chi connectivity index (χ2v) is 7.69. The zero-order valence-corrected chi connectivity index (χ0v) is 15.7. The highest BCUT2D eigenvalue weighted by Gasteiger charge is 2.37. The Morgan fingerprint density at radius 1 is 1.07 bits per heavy atom. The molecule has 3 aromatic rings. The maximum atomic E-state index is 13.6. The lowest BCUT2D eigenvalue weighted by Crippen LogP contribution is -2.44. The van der Waals surface area contributed by atoms with E-state index in [1.165, 1.54) is 23.1 Å². The third-order valence-corrected chi connectivity index (χ3v) is 6.07. The monoisotopic (exact) mass is 378 g/mol. The minimum absolute atomic E-state index is 0.00243. The Balaban J connectivity index is 1.60. The number of hydrogen-bond acceptors (Lipinski definition) is 2. The van der Waals surface area contributed by atoms with Gasteiger partial charge in [-0.05, 0) is 48.6 Å². The smallest absolute Gasteiger partial charge is 0.226 e. The van der Waals surface area contributed by atoms with Crippen molar-refractivity contribution >= 4 is 16.8 Å². The van der Waals surface area contributed by atoms with Gasteiger partial charge >= 0.3 is 0 Å². The molecule has 1 atom stereocenters. The number of H-pyrrole nitrogens is 1. The number of carbonyl (C=O) groups excluding carboxylic acids is 1. The minimum atomic E-state index is -0.265. The quantitative estimate of drug-likeness (QED) is 0.726. The molecule has 1 amide bonds. The highest BCUT2D eigenvalue weighted by atomic mass is 19.1. The summed E-state index contributed by atoms with van der Waals surface area (Å²) in [7, 11) is 0. The summed E-state index contributed by atoms with van der Waals surface area (Å²) in [5, 5.41) is 1.21. The Morgan fingerprint density at radius 3 is 2.61 bits per heavy atom. The van der Waals surface area contributed by atoms with Crippen molar-refractivity contribution in [1.82, 2.24) is 9.88 Å². The van der Waals surface area contributed by atoms with Gasteiger partial charge in [0.2, 0.25) is 5.91 Å². The molecule has 0 saturated carbocycles. The lowest BCUT2D eigenvalue weighted by molar-refractivity contribution is -0.140. The molecule has 0 bridgehead atoms. The first kappa shape index (κ1) is 17.4. The first-order valence-corrected chi connectivity index (χ1v) is 9.95. The summed E-state index contributed by atoms with van der Waals surface area (Å²) in [4.78, 5) is 19.0. The van der Waals surface area contributed by atoms with Crippen LogP contribution >= 0.6 is 0 Å². The Morgan fingerprint density at radius 2 is 1.82 bits per heavy atom. The number of benzene rings is 2. The molecule has 1 saturated heterocycles. The molecule has 2 aliphatic rings. The van der Waals surface area contributed by atoms with Crippen molar-refractivity contribution in [3.63, 3.8) is 0 Å². The highest BCUT2D eigenvalue weighted by molar-refractivity contribution is 5.87. The third kappa shape index (κ3) is 2.90. The van der Waals surface area contributed by atoms with E-state index in [-0.39, 0.29) is 23.7 Å². The summed E-state index contributed by atoms with van der Waals surface area (Å²) in [6, 6.07) is 14.6. The number of amides is 1. The van der Waals surface area contributed by atoms with Crippen molar-refractivity contribution in [1.29, 1.82) is 0 Å². The molecule has 5 heteroatoms. The second kappa shape index (κ2) is 7.06. The summed E-state index contributed by atoms with van der Waals surface area (Å²) < 4.78 is 19.0. The van der Waals surface area contributed by atoms with Gasteiger partial charge in [0.05, 0.1) is 6.04 Å². The number of aromatic nitrogens is 1. The molecule has 0 spiro atoms. The molecule has 2 aliphatic heterocycles. The predicted molar refractivity (Wildman–Crippen MR) is 106 cm³/mol. The number of rotatable bonds is 2. The average Bonchev–Trinajstić information content (AvgIpc) is 3.13. The van der Waals surface area contributed by atoms with Crippen LogP contribution in [0.15, 0.2) is 48.5 Å². The maximum absolute atomic E-state index is 13.6. The molecule has 0 aliphatic carbocycles. The fourth-order valence-corrected chi connectivity index (χ4v) is 4.65. The van der Waals surface area contributed by atoms with Gasteiger partial charge in [-0.15, -0.1) is 0 Å². The SMILES string of the molecule is O=C(C1CCOCC1)N1CCc2c([nH]c3ccccc23)C1c1ccc(F)cc1. The Hall–Kier alpha value is -2.66. The fourth-order valence-electron chi connectivity index (χ4n) is 4.65. The normalized spacial score (nSPS) is 20.3. The van der Waals surface area contributed by atoms with Crippen LogP contribution in [0, 0.1) is 11.7 Å². The summed E-state index contributed by atoms with van der Waals surface area (Å²) in [5.74, 6) is -0.0803. The summed E-state index contributed by atoms with van der Waals surface area (Å²) in [5.41, 5.74) is 4.34. The number of nitrogens with one attached hydrogen (secondary N) is 1. The van der Waals surface area contributed by atoms with Gasteiger partial charge in [0, 0.05) is 42.3 Å². The van der Waals surface area contributed by atoms with Crippen molar-refractivity contribution in [2.75, 3.05) is 19.8 Å². The Bertz CT molecular complexity index is 1010. The van der Waals surface area contributed by atoms with Crippen LogP contribution in [-0.2, 0) is 16.0 Å². The number of halogens is 1. The molecule has 2 aromatic carbocycles. The number of aromatic amines is 1. The van der Waals surface area contributed by atoms with E-state index in [2.05, 4.69) is 17.1 Å². The lowest BCUT2D eigenvalue weighted by atomic mass is 9.89. The van der Waals surface area contributed by atoms with E-state index in [0.29, 0.717) is 19.8 Å². The van der Waals surface area contributed by atoms with Gasteiger partial charge in [-0.25, -0.2) is 4.39 Å². The number of ether oxygens (including phenoxy) is 1. The van der Waals surface area contributed by atoms with E-state index in [0.717, 1.165) is 36.0 Å². The number of para-hydroxylation sites is 1. The predicted octanol–water partition coefficient (Wildman–Crippen LogP) is 4.21. The molecule has 0 radical (unpaired) electrons. The van der Waals surface area contributed by atoms with Crippen LogP contribution in [0.3, 0.4) is 0 Å². The van der Waals surface area contributed by atoms with Crippen molar-refractivity contribution in [3.05, 3.63) is 71.2 Å². The van der Waals surface area contributed by atoms with Gasteiger partial charge in [0.25, 0.3) is 0 Å². The summed E-state index contributed by atoms with van der Waals surface area (Å²) in [6.07, 6.45) is 2.36. The van der Waals surface area contributed by atoms with E-state index < -0.39 is 0 Å². The number of hydrogen-bond donors (Lipinski definition) is 1. The molecular formula is C23H23FN2O2. The van der Waals surface area contributed by atoms with Crippen LogP contribution in [-0.4, -0.2) is 35.5 Å². The summed E-state index contributed by atoms with van der Waals surface area (Å²) >= 11 is 0. The molecule has 3 heterocycles.